The van der Waals surface area contributed by atoms with Crippen molar-refractivity contribution in [2.24, 2.45) is 0 Å². The van der Waals surface area contributed by atoms with Crippen LogP contribution in [0.15, 0.2) is 12.2 Å². The third-order valence-corrected chi connectivity index (χ3v) is 3.00. The molecule has 1 aliphatic carbocycles. The highest BCUT2D eigenvalue weighted by Crippen LogP contribution is 2.43. The summed E-state index contributed by atoms with van der Waals surface area (Å²) in [5.74, 6) is -1.79. The van der Waals surface area contributed by atoms with E-state index in [0.717, 1.165) is 0 Å². The highest BCUT2D eigenvalue weighted by atomic mass is 16.8. The largest absolute Gasteiger partial charge is 0.467 e. The van der Waals surface area contributed by atoms with E-state index in [1.165, 1.54) is 19.3 Å². The van der Waals surface area contributed by atoms with E-state index in [2.05, 4.69) is 4.74 Å². The molecule has 0 spiro atoms. The van der Waals surface area contributed by atoms with Gasteiger partial charge in [0.2, 0.25) is 5.60 Å². The second kappa shape index (κ2) is 3.78. The van der Waals surface area contributed by atoms with Crippen LogP contribution in [0.1, 0.15) is 13.8 Å². The van der Waals surface area contributed by atoms with Crippen LogP contribution in [-0.2, 0) is 19.0 Å². The van der Waals surface area contributed by atoms with Crippen LogP contribution in [0, 0.1) is 0 Å². The number of carbonyl (C=O) groups is 1. The SMILES string of the molecule is COC(=O)[C@@]12OC(C)(C)O[C@@H]1C=C[C@@H](O)[C@H]2O. The van der Waals surface area contributed by atoms with Crippen molar-refractivity contribution in [1.82, 2.24) is 0 Å². The second-order valence-electron chi connectivity index (χ2n) is 4.65. The highest BCUT2D eigenvalue weighted by Gasteiger charge is 2.65. The summed E-state index contributed by atoms with van der Waals surface area (Å²) in [5, 5.41) is 19.6. The van der Waals surface area contributed by atoms with Crippen molar-refractivity contribution in [2.75, 3.05) is 7.11 Å². The van der Waals surface area contributed by atoms with Crippen LogP contribution in [-0.4, -0.2) is 53.0 Å². The molecule has 1 fully saturated rings. The van der Waals surface area contributed by atoms with Crippen LogP contribution in [0.2, 0.25) is 0 Å². The molecule has 2 aliphatic rings. The average molecular weight is 244 g/mol. The number of aliphatic hydroxyl groups excluding tert-OH is 2. The lowest BCUT2D eigenvalue weighted by Gasteiger charge is -2.37. The molecule has 0 bridgehead atoms. The fourth-order valence-electron chi connectivity index (χ4n) is 2.30. The predicted molar refractivity (Wildman–Crippen MR) is 55.9 cm³/mol. The Morgan fingerprint density at radius 3 is 2.59 bits per heavy atom. The van der Waals surface area contributed by atoms with Crippen molar-refractivity contribution < 1.29 is 29.2 Å². The van der Waals surface area contributed by atoms with Crippen molar-refractivity contribution >= 4 is 5.97 Å². The van der Waals surface area contributed by atoms with Crippen LogP contribution in [0.4, 0.5) is 0 Å². The third kappa shape index (κ3) is 1.68. The highest BCUT2D eigenvalue weighted by molar-refractivity contribution is 5.83. The maximum atomic E-state index is 11.9. The molecule has 1 aliphatic heterocycles. The zero-order valence-electron chi connectivity index (χ0n) is 9.91. The molecule has 1 saturated heterocycles. The van der Waals surface area contributed by atoms with Gasteiger partial charge in [-0.15, -0.1) is 0 Å². The summed E-state index contributed by atoms with van der Waals surface area (Å²) in [6, 6.07) is 0. The maximum Gasteiger partial charge on any atom is 0.344 e. The third-order valence-electron chi connectivity index (χ3n) is 3.00. The van der Waals surface area contributed by atoms with E-state index in [9.17, 15) is 15.0 Å². The van der Waals surface area contributed by atoms with E-state index in [-0.39, 0.29) is 0 Å². The molecule has 0 radical (unpaired) electrons. The molecule has 0 saturated carbocycles. The van der Waals surface area contributed by atoms with Crippen molar-refractivity contribution in [3.8, 4) is 0 Å². The zero-order valence-corrected chi connectivity index (χ0v) is 9.91. The summed E-state index contributed by atoms with van der Waals surface area (Å²) in [6.45, 7) is 3.26. The van der Waals surface area contributed by atoms with E-state index >= 15 is 0 Å². The first-order valence-corrected chi connectivity index (χ1v) is 5.34. The van der Waals surface area contributed by atoms with Gasteiger partial charge in [-0.3, -0.25) is 0 Å². The molecular formula is C11H16O6. The van der Waals surface area contributed by atoms with Crippen LogP contribution in [0.25, 0.3) is 0 Å². The number of carbonyl (C=O) groups excluding carboxylic acids is 1. The summed E-state index contributed by atoms with van der Waals surface area (Å²) in [6.07, 6.45) is -0.512. The van der Waals surface area contributed by atoms with E-state index in [1.807, 2.05) is 0 Å². The summed E-state index contributed by atoms with van der Waals surface area (Å²) in [4.78, 5) is 11.9. The molecule has 0 aromatic rings. The Morgan fingerprint density at radius 2 is 2.00 bits per heavy atom. The summed E-state index contributed by atoms with van der Waals surface area (Å²) in [7, 11) is 1.19. The van der Waals surface area contributed by atoms with Gasteiger partial charge in [0.05, 0.1) is 7.11 Å². The Labute approximate surface area is 98.8 Å². The van der Waals surface area contributed by atoms with E-state index in [1.54, 1.807) is 13.8 Å². The first-order valence-electron chi connectivity index (χ1n) is 5.34. The van der Waals surface area contributed by atoms with Crippen LogP contribution in [0.3, 0.4) is 0 Å². The molecule has 6 heteroatoms. The molecule has 4 atom stereocenters. The lowest BCUT2D eigenvalue weighted by Crippen LogP contribution is -2.62. The molecule has 0 amide bonds. The molecule has 2 rings (SSSR count). The Bertz CT molecular complexity index is 363. The lowest BCUT2D eigenvalue weighted by atomic mass is 9.82. The topological polar surface area (TPSA) is 85.2 Å². The number of rotatable bonds is 1. The zero-order chi connectivity index (χ0) is 12.8. The van der Waals surface area contributed by atoms with Crippen molar-refractivity contribution in [3.63, 3.8) is 0 Å². The Balaban J connectivity index is 2.47. The molecule has 0 unspecified atom stereocenters. The first kappa shape index (κ1) is 12.5. The second-order valence-corrected chi connectivity index (χ2v) is 4.65. The number of aliphatic hydroxyl groups is 2. The quantitative estimate of drug-likeness (QED) is 0.470. The van der Waals surface area contributed by atoms with Crippen LogP contribution in [0.5, 0.6) is 0 Å². The Morgan fingerprint density at radius 1 is 1.35 bits per heavy atom. The van der Waals surface area contributed by atoms with Crippen LogP contribution < -0.4 is 0 Å². The number of hydrogen-bond donors (Lipinski definition) is 2. The standard InChI is InChI=1S/C11H16O6/c1-10(2)16-7-5-4-6(12)8(13)11(7,17-10)9(14)15-3/h4-8,12-13H,1-3H3/t6-,7-,8-,11-/m1/s1. The van der Waals surface area contributed by atoms with Gasteiger partial charge in [-0.25, -0.2) is 4.79 Å². The number of methoxy groups -OCH3 is 1. The first-order chi connectivity index (χ1) is 7.83. The lowest BCUT2D eigenvalue weighted by molar-refractivity contribution is -0.212. The number of ether oxygens (including phenoxy) is 3. The molecule has 6 nitrogen and oxygen atoms in total. The van der Waals surface area contributed by atoms with Gasteiger partial charge < -0.3 is 24.4 Å². The molecule has 17 heavy (non-hydrogen) atoms. The normalized spacial score (nSPS) is 43.2. The summed E-state index contributed by atoms with van der Waals surface area (Å²) >= 11 is 0. The van der Waals surface area contributed by atoms with Gasteiger partial charge in [0.1, 0.15) is 18.3 Å². The molecule has 2 N–H and O–H groups in total. The van der Waals surface area contributed by atoms with E-state index < -0.39 is 35.7 Å². The van der Waals surface area contributed by atoms with E-state index in [4.69, 9.17) is 9.47 Å². The minimum Gasteiger partial charge on any atom is -0.467 e. The van der Waals surface area contributed by atoms with Gasteiger partial charge in [-0.1, -0.05) is 12.2 Å². The smallest absolute Gasteiger partial charge is 0.344 e. The van der Waals surface area contributed by atoms with E-state index in [0.29, 0.717) is 0 Å². The van der Waals surface area contributed by atoms with Gasteiger partial charge in [-0.05, 0) is 13.8 Å². The van der Waals surface area contributed by atoms with Gasteiger partial charge in [0.25, 0.3) is 0 Å². The molecule has 96 valence electrons. The van der Waals surface area contributed by atoms with Gasteiger partial charge in [-0.2, -0.15) is 0 Å². The molecule has 1 heterocycles. The minimum absolute atomic E-state index is 0.760. The minimum atomic E-state index is -1.70. The predicted octanol–water partition coefficient (Wildman–Crippen LogP) is -0.659. The van der Waals surface area contributed by atoms with Crippen LogP contribution >= 0.6 is 0 Å². The van der Waals surface area contributed by atoms with Gasteiger partial charge >= 0.3 is 5.97 Å². The van der Waals surface area contributed by atoms with Gasteiger partial charge in [0.15, 0.2) is 5.79 Å². The Kier molecular flexibility index (Phi) is 2.78. The number of hydrogen-bond acceptors (Lipinski definition) is 6. The van der Waals surface area contributed by atoms with Gasteiger partial charge in [0, 0.05) is 0 Å². The average Bonchev–Trinajstić information content (AvgIpc) is 2.55. The summed E-state index contributed by atoms with van der Waals surface area (Å²) in [5.41, 5.74) is -1.70. The molecular weight excluding hydrogens is 228 g/mol. The number of fused-ring (bicyclic) bond motifs is 1. The fraction of sp³-hybridized carbons (Fsp3) is 0.727. The monoisotopic (exact) mass is 244 g/mol. The van der Waals surface area contributed by atoms with Crippen molar-refractivity contribution in [2.45, 2.75) is 43.5 Å². The Hall–Kier alpha value is -0.950. The summed E-state index contributed by atoms with van der Waals surface area (Å²) < 4.78 is 15.7. The molecule has 0 aromatic heterocycles. The maximum absolute atomic E-state index is 11.9. The molecule has 0 aromatic carbocycles. The van der Waals surface area contributed by atoms with Crippen molar-refractivity contribution in [3.05, 3.63) is 12.2 Å². The fourth-order valence-corrected chi connectivity index (χ4v) is 2.30. The van der Waals surface area contributed by atoms with Crippen molar-refractivity contribution in [1.29, 1.82) is 0 Å². The number of esters is 1.